The lowest BCUT2D eigenvalue weighted by Gasteiger charge is -2.36. The summed E-state index contributed by atoms with van der Waals surface area (Å²) in [5.41, 5.74) is 4.47. The summed E-state index contributed by atoms with van der Waals surface area (Å²) >= 11 is 0. The fraction of sp³-hybridized carbons (Fsp3) is 0.579. The summed E-state index contributed by atoms with van der Waals surface area (Å²) in [6.45, 7) is 2.09. The molecular formula is C19H22O6. The first-order valence-electron chi connectivity index (χ1n) is 8.65. The monoisotopic (exact) mass is 346 g/mol. The standard InChI is InChI=1S/C19H22O6/c1-8-13-16(17-11(23-8)7-12(22-4)24-17)19-15-10(21-3)6-5-9(20-2)14(15)18(13)25-19/h5-6,8,11-12,17-19H,7H2,1-4H3/t8-,11+,12-,17-,18+,19+/m1/s1. The fourth-order valence-corrected chi connectivity index (χ4v) is 4.79. The molecule has 4 aliphatic heterocycles. The van der Waals surface area contributed by atoms with Gasteiger partial charge in [0, 0.05) is 24.7 Å². The predicted molar refractivity (Wildman–Crippen MR) is 87.8 cm³/mol. The van der Waals surface area contributed by atoms with Gasteiger partial charge < -0.3 is 28.4 Å². The van der Waals surface area contributed by atoms with Crippen molar-refractivity contribution in [2.75, 3.05) is 21.3 Å². The van der Waals surface area contributed by atoms with Gasteiger partial charge >= 0.3 is 0 Å². The Bertz CT molecular complexity index is 757. The van der Waals surface area contributed by atoms with Crippen LogP contribution in [0.15, 0.2) is 23.3 Å². The lowest BCUT2D eigenvalue weighted by molar-refractivity contribution is -0.115. The second-order valence-electron chi connectivity index (χ2n) is 6.88. The first kappa shape index (κ1) is 15.6. The number of rotatable bonds is 3. The van der Waals surface area contributed by atoms with Gasteiger partial charge in [-0.1, -0.05) is 0 Å². The van der Waals surface area contributed by atoms with E-state index in [1.54, 1.807) is 21.3 Å². The molecule has 1 aromatic rings. The molecule has 4 aliphatic rings. The molecule has 4 heterocycles. The minimum Gasteiger partial charge on any atom is -0.496 e. The summed E-state index contributed by atoms with van der Waals surface area (Å²) < 4.78 is 35.4. The molecule has 0 amide bonds. The number of methoxy groups -OCH3 is 3. The van der Waals surface area contributed by atoms with Crippen LogP contribution in [-0.2, 0) is 18.9 Å². The highest BCUT2D eigenvalue weighted by Crippen LogP contribution is 2.63. The zero-order chi connectivity index (χ0) is 17.3. The molecule has 134 valence electrons. The van der Waals surface area contributed by atoms with Crippen LogP contribution in [0.1, 0.15) is 36.7 Å². The number of ether oxygens (including phenoxy) is 6. The van der Waals surface area contributed by atoms with E-state index in [0.29, 0.717) is 0 Å². The van der Waals surface area contributed by atoms with Crippen LogP contribution < -0.4 is 9.47 Å². The molecule has 0 spiro atoms. The molecular weight excluding hydrogens is 324 g/mol. The number of hydrogen-bond donors (Lipinski definition) is 0. The molecule has 1 fully saturated rings. The van der Waals surface area contributed by atoms with E-state index in [0.717, 1.165) is 29.0 Å². The van der Waals surface area contributed by atoms with Crippen LogP contribution in [0.3, 0.4) is 0 Å². The Kier molecular flexibility index (Phi) is 3.41. The Morgan fingerprint density at radius 2 is 1.52 bits per heavy atom. The Labute approximate surface area is 146 Å². The van der Waals surface area contributed by atoms with Crippen molar-refractivity contribution in [3.8, 4) is 11.5 Å². The normalized spacial score (nSPS) is 37.8. The Hall–Kier alpha value is -1.60. The highest BCUT2D eigenvalue weighted by Gasteiger charge is 2.57. The van der Waals surface area contributed by atoms with Crippen LogP contribution >= 0.6 is 0 Å². The van der Waals surface area contributed by atoms with Gasteiger partial charge in [-0.05, 0) is 30.2 Å². The summed E-state index contributed by atoms with van der Waals surface area (Å²) in [6.07, 6.45) is 0.0175. The Morgan fingerprint density at radius 1 is 0.880 bits per heavy atom. The van der Waals surface area contributed by atoms with Crippen LogP contribution in [-0.4, -0.2) is 45.9 Å². The molecule has 0 aromatic heterocycles. The van der Waals surface area contributed by atoms with E-state index < -0.39 is 0 Å². The maximum atomic E-state index is 6.39. The molecule has 6 nitrogen and oxygen atoms in total. The molecule has 0 N–H and O–H groups in total. The number of hydrogen-bond acceptors (Lipinski definition) is 6. The smallest absolute Gasteiger partial charge is 0.160 e. The summed E-state index contributed by atoms with van der Waals surface area (Å²) in [6, 6.07) is 3.88. The van der Waals surface area contributed by atoms with E-state index in [2.05, 4.69) is 6.92 Å². The highest BCUT2D eigenvalue weighted by molar-refractivity contribution is 5.63. The van der Waals surface area contributed by atoms with Gasteiger partial charge in [0.25, 0.3) is 0 Å². The summed E-state index contributed by atoms with van der Waals surface area (Å²) in [7, 11) is 5.04. The van der Waals surface area contributed by atoms with Crippen molar-refractivity contribution in [1.29, 1.82) is 0 Å². The number of fused-ring (bicyclic) bond motifs is 9. The van der Waals surface area contributed by atoms with Gasteiger partial charge in [-0.25, -0.2) is 0 Å². The van der Waals surface area contributed by atoms with Crippen LogP contribution in [0.5, 0.6) is 11.5 Å². The molecule has 0 radical (unpaired) electrons. The molecule has 1 saturated heterocycles. The summed E-state index contributed by atoms with van der Waals surface area (Å²) in [4.78, 5) is 0. The Morgan fingerprint density at radius 3 is 2.12 bits per heavy atom. The first-order chi connectivity index (χ1) is 12.2. The molecule has 6 heteroatoms. The molecule has 0 aliphatic carbocycles. The van der Waals surface area contributed by atoms with Crippen molar-refractivity contribution in [3.63, 3.8) is 0 Å². The molecule has 6 atom stereocenters. The number of benzene rings is 1. The molecule has 1 aromatic carbocycles. The van der Waals surface area contributed by atoms with Crippen molar-refractivity contribution in [2.24, 2.45) is 0 Å². The van der Waals surface area contributed by atoms with Crippen molar-refractivity contribution in [1.82, 2.24) is 0 Å². The molecule has 25 heavy (non-hydrogen) atoms. The van der Waals surface area contributed by atoms with Gasteiger partial charge in [-0.2, -0.15) is 0 Å². The zero-order valence-corrected chi connectivity index (χ0v) is 14.8. The van der Waals surface area contributed by atoms with Crippen LogP contribution in [0.4, 0.5) is 0 Å². The van der Waals surface area contributed by atoms with E-state index in [4.69, 9.17) is 28.4 Å². The second kappa shape index (κ2) is 5.45. The highest BCUT2D eigenvalue weighted by atomic mass is 16.7. The van der Waals surface area contributed by atoms with Gasteiger partial charge in [-0.15, -0.1) is 0 Å². The van der Waals surface area contributed by atoms with Crippen LogP contribution in [0, 0.1) is 0 Å². The quantitative estimate of drug-likeness (QED) is 0.785. The lowest BCUT2D eigenvalue weighted by atomic mass is 9.78. The fourth-order valence-electron chi connectivity index (χ4n) is 4.79. The first-order valence-corrected chi connectivity index (χ1v) is 8.65. The van der Waals surface area contributed by atoms with Gasteiger partial charge in [-0.3, -0.25) is 0 Å². The molecule has 0 saturated carbocycles. The third-order valence-electron chi connectivity index (χ3n) is 5.79. The van der Waals surface area contributed by atoms with Crippen LogP contribution in [0.2, 0.25) is 0 Å². The topological polar surface area (TPSA) is 55.4 Å². The summed E-state index contributed by atoms with van der Waals surface area (Å²) in [5.74, 6) is 1.65. The Balaban J connectivity index is 1.65. The van der Waals surface area contributed by atoms with E-state index in [1.807, 2.05) is 12.1 Å². The zero-order valence-electron chi connectivity index (χ0n) is 14.8. The SMILES string of the molecule is COc1ccc(OC)c2c1[C@@H]1O[C@H]2C2=C1[C@@H]1O[C@@H](OC)C[C@@H]1O[C@@H]2C. The predicted octanol–water partition coefficient (Wildman–Crippen LogP) is 2.68. The maximum absolute atomic E-state index is 6.39. The molecule has 5 rings (SSSR count). The van der Waals surface area contributed by atoms with Gasteiger partial charge in [0.2, 0.25) is 0 Å². The maximum Gasteiger partial charge on any atom is 0.160 e. The van der Waals surface area contributed by atoms with Crippen molar-refractivity contribution in [3.05, 3.63) is 34.4 Å². The van der Waals surface area contributed by atoms with Crippen LogP contribution in [0.25, 0.3) is 0 Å². The van der Waals surface area contributed by atoms with E-state index in [-0.39, 0.29) is 36.8 Å². The largest absolute Gasteiger partial charge is 0.496 e. The third kappa shape index (κ3) is 1.94. The van der Waals surface area contributed by atoms with Crippen molar-refractivity contribution >= 4 is 0 Å². The minimum absolute atomic E-state index is 0.00158. The average Bonchev–Trinajstić information content (AvgIpc) is 3.31. The molecule has 2 bridgehead atoms. The third-order valence-corrected chi connectivity index (χ3v) is 5.79. The van der Waals surface area contributed by atoms with Gasteiger partial charge in [0.05, 0.1) is 26.4 Å². The average molecular weight is 346 g/mol. The second-order valence-corrected chi connectivity index (χ2v) is 6.88. The minimum atomic E-state index is -0.236. The summed E-state index contributed by atoms with van der Waals surface area (Å²) in [5, 5.41) is 0. The van der Waals surface area contributed by atoms with Gasteiger partial charge in [0.1, 0.15) is 29.8 Å². The van der Waals surface area contributed by atoms with Crippen molar-refractivity contribution in [2.45, 2.75) is 50.2 Å². The lowest BCUT2D eigenvalue weighted by Crippen LogP contribution is -2.39. The van der Waals surface area contributed by atoms with Crippen molar-refractivity contribution < 1.29 is 28.4 Å². The van der Waals surface area contributed by atoms with E-state index >= 15 is 0 Å². The van der Waals surface area contributed by atoms with E-state index in [9.17, 15) is 0 Å². The van der Waals surface area contributed by atoms with E-state index in [1.165, 1.54) is 11.1 Å². The van der Waals surface area contributed by atoms with Gasteiger partial charge in [0.15, 0.2) is 6.29 Å². The molecule has 0 unspecified atom stereocenters.